The van der Waals surface area contributed by atoms with Gasteiger partial charge in [0.1, 0.15) is 11.5 Å². The summed E-state index contributed by atoms with van der Waals surface area (Å²) in [5.74, 6) is 0.235. The molecule has 23 heavy (non-hydrogen) atoms. The third kappa shape index (κ3) is 3.74. The molecule has 0 spiro atoms. The predicted molar refractivity (Wildman–Crippen MR) is 80.8 cm³/mol. The molecule has 1 saturated heterocycles. The van der Waals surface area contributed by atoms with E-state index in [1.54, 1.807) is 30.3 Å². The van der Waals surface area contributed by atoms with Gasteiger partial charge in [-0.05, 0) is 18.6 Å². The number of likely N-dealkylation sites (tertiary alicyclic amines) is 1. The average molecular weight is 314 g/mol. The van der Waals surface area contributed by atoms with Gasteiger partial charge in [0.2, 0.25) is 11.8 Å². The van der Waals surface area contributed by atoms with Gasteiger partial charge in [-0.1, -0.05) is 11.2 Å². The minimum Gasteiger partial charge on any atom is -0.361 e. The molecule has 2 aromatic rings. The lowest BCUT2D eigenvalue weighted by Gasteiger charge is -2.16. The van der Waals surface area contributed by atoms with Crippen molar-refractivity contribution in [3.05, 3.63) is 47.6 Å². The predicted octanol–water partition coefficient (Wildman–Crippen LogP) is 1.04. The van der Waals surface area contributed by atoms with Crippen LogP contribution in [0.2, 0.25) is 0 Å². The Kier molecular flexibility index (Phi) is 4.36. The highest BCUT2D eigenvalue weighted by molar-refractivity contribution is 5.89. The van der Waals surface area contributed by atoms with Crippen molar-refractivity contribution in [2.24, 2.45) is 5.92 Å². The van der Waals surface area contributed by atoms with Gasteiger partial charge in [0.05, 0.1) is 12.5 Å². The first-order chi connectivity index (χ1) is 11.1. The largest absolute Gasteiger partial charge is 0.361 e. The van der Waals surface area contributed by atoms with E-state index >= 15 is 0 Å². The van der Waals surface area contributed by atoms with Gasteiger partial charge in [-0.2, -0.15) is 0 Å². The van der Waals surface area contributed by atoms with Crippen LogP contribution >= 0.6 is 0 Å². The molecule has 1 N–H and O–H groups in total. The lowest BCUT2D eigenvalue weighted by Crippen LogP contribution is -2.32. The topological polar surface area (TPSA) is 88.3 Å². The Bertz CT molecular complexity index is 698. The van der Waals surface area contributed by atoms with E-state index in [0.717, 1.165) is 5.56 Å². The molecule has 3 rings (SSSR count). The fraction of sp³-hybridized carbons (Fsp3) is 0.375. The molecule has 7 heteroatoms. The van der Waals surface area contributed by atoms with Crippen LogP contribution in [0.15, 0.2) is 35.1 Å². The number of amides is 2. The van der Waals surface area contributed by atoms with Crippen molar-refractivity contribution in [2.45, 2.75) is 26.4 Å². The summed E-state index contributed by atoms with van der Waals surface area (Å²) in [6.45, 7) is 3.02. The standard InChI is InChI=1S/C16H18N4O3/c1-11-5-14(19-23-11)8-18-16(22)13-6-15(21)20(10-13)9-12-3-2-4-17-7-12/h2-5,7,13H,6,8-10H2,1H3,(H,18,22)/t13-/m1/s1. The zero-order valence-electron chi connectivity index (χ0n) is 12.9. The van der Waals surface area contributed by atoms with E-state index in [4.69, 9.17) is 4.52 Å². The molecule has 0 aromatic carbocycles. The molecule has 1 atom stereocenters. The normalized spacial score (nSPS) is 17.5. The zero-order chi connectivity index (χ0) is 16.2. The molecular weight excluding hydrogens is 296 g/mol. The highest BCUT2D eigenvalue weighted by Crippen LogP contribution is 2.20. The molecule has 2 aromatic heterocycles. The third-order valence-corrected chi connectivity index (χ3v) is 3.80. The van der Waals surface area contributed by atoms with Gasteiger partial charge in [0.25, 0.3) is 0 Å². The number of nitrogens with one attached hydrogen (secondary N) is 1. The van der Waals surface area contributed by atoms with Crippen molar-refractivity contribution >= 4 is 11.8 Å². The number of rotatable bonds is 5. The summed E-state index contributed by atoms with van der Waals surface area (Å²) in [4.78, 5) is 30.0. The summed E-state index contributed by atoms with van der Waals surface area (Å²) in [6, 6.07) is 5.52. The monoisotopic (exact) mass is 314 g/mol. The summed E-state index contributed by atoms with van der Waals surface area (Å²) in [7, 11) is 0. The molecule has 1 aliphatic rings. The number of carbonyl (C=O) groups is 2. The molecule has 2 amide bonds. The molecule has 1 aliphatic heterocycles. The fourth-order valence-electron chi connectivity index (χ4n) is 2.64. The van der Waals surface area contributed by atoms with Gasteiger partial charge < -0.3 is 14.7 Å². The summed E-state index contributed by atoms with van der Waals surface area (Å²) in [6.07, 6.45) is 3.66. The molecule has 1 fully saturated rings. The van der Waals surface area contributed by atoms with E-state index in [9.17, 15) is 9.59 Å². The van der Waals surface area contributed by atoms with Crippen molar-refractivity contribution in [3.63, 3.8) is 0 Å². The molecule has 7 nitrogen and oxygen atoms in total. The highest BCUT2D eigenvalue weighted by atomic mass is 16.5. The Balaban J connectivity index is 1.53. The summed E-state index contributed by atoms with van der Waals surface area (Å²) in [5, 5.41) is 6.63. The number of carbonyl (C=O) groups excluding carboxylic acids is 2. The fourth-order valence-corrected chi connectivity index (χ4v) is 2.64. The van der Waals surface area contributed by atoms with Crippen LogP contribution in [-0.2, 0) is 22.7 Å². The third-order valence-electron chi connectivity index (χ3n) is 3.80. The van der Waals surface area contributed by atoms with Crippen molar-refractivity contribution < 1.29 is 14.1 Å². The van der Waals surface area contributed by atoms with Gasteiger partial charge in [-0.3, -0.25) is 14.6 Å². The number of nitrogens with zero attached hydrogens (tertiary/aromatic N) is 3. The summed E-state index contributed by atoms with van der Waals surface area (Å²) >= 11 is 0. The number of hydrogen-bond acceptors (Lipinski definition) is 5. The second-order valence-corrected chi connectivity index (χ2v) is 5.68. The van der Waals surface area contributed by atoms with Crippen LogP contribution in [0.3, 0.4) is 0 Å². The van der Waals surface area contributed by atoms with Crippen molar-refractivity contribution in [1.29, 1.82) is 0 Å². The molecule has 0 radical (unpaired) electrons. The van der Waals surface area contributed by atoms with E-state index in [1.807, 2.05) is 12.1 Å². The molecular formula is C16H18N4O3. The number of aromatic nitrogens is 2. The van der Waals surface area contributed by atoms with Gasteiger partial charge in [-0.15, -0.1) is 0 Å². The second-order valence-electron chi connectivity index (χ2n) is 5.68. The Morgan fingerprint density at radius 3 is 3.09 bits per heavy atom. The smallest absolute Gasteiger partial charge is 0.225 e. The zero-order valence-corrected chi connectivity index (χ0v) is 12.9. The minimum atomic E-state index is -0.327. The maximum absolute atomic E-state index is 12.2. The van der Waals surface area contributed by atoms with Crippen molar-refractivity contribution in [2.75, 3.05) is 6.54 Å². The van der Waals surface area contributed by atoms with Crippen LogP contribution in [0.1, 0.15) is 23.4 Å². The van der Waals surface area contributed by atoms with Crippen molar-refractivity contribution in [1.82, 2.24) is 20.4 Å². The van der Waals surface area contributed by atoms with Crippen LogP contribution in [0.5, 0.6) is 0 Å². The lowest BCUT2D eigenvalue weighted by atomic mass is 10.1. The Hall–Kier alpha value is -2.70. The maximum atomic E-state index is 12.2. The van der Waals surface area contributed by atoms with Gasteiger partial charge in [-0.25, -0.2) is 0 Å². The second kappa shape index (κ2) is 6.60. The minimum absolute atomic E-state index is 0.00807. The molecule has 0 unspecified atom stereocenters. The van der Waals surface area contributed by atoms with Gasteiger partial charge >= 0.3 is 0 Å². The number of pyridine rings is 1. The first-order valence-electron chi connectivity index (χ1n) is 7.48. The van der Waals surface area contributed by atoms with E-state index in [-0.39, 0.29) is 24.2 Å². The van der Waals surface area contributed by atoms with Crippen LogP contribution in [-0.4, -0.2) is 33.4 Å². The lowest BCUT2D eigenvalue weighted by molar-refractivity contribution is -0.129. The molecule has 120 valence electrons. The Morgan fingerprint density at radius 2 is 2.39 bits per heavy atom. The van der Waals surface area contributed by atoms with Crippen LogP contribution < -0.4 is 5.32 Å². The molecule has 3 heterocycles. The SMILES string of the molecule is Cc1cc(CNC(=O)[C@@H]2CC(=O)N(Cc3cccnc3)C2)no1. The summed E-state index contributed by atoms with van der Waals surface area (Å²) < 4.78 is 4.95. The summed E-state index contributed by atoms with van der Waals surface area (Å²) in [5.41, 5.74) is 1.63. The Morgan fingerprint density at radius 1 is 1.52 bits per heavy atom. The maximum Gasteiger partial charge on any atom is 0.225 e. The van der Waals surface area contributed by atoms with Gasteiger partial charge in [0, 0.05) is 38.0 Å². The first-order valence-corrected chi connectivity index (χ1v) is 7.48. The van der Waals surface area contributed by atoms with Crippen LogP contribution in [0, 0.1) is 12.8 Å². The quantitative estimate of drug-likeness (QED) is 0.891. The average Bonchev–Trinajstić information content (AvgIpc) is 3.12. The van der Waals surface area contributed by atoms with Crippen molar-refractivity contribution in [3.8, 4) is 0 Å². The number of hydrogen-bond donors (Lipinski definition) is 1. The van der Waals surface area contributed by atoms with E-state index < -0.39 is 0 Å². The number of aryl methyl sites for hydroxylation is 1. The van der Waals surface area contributed by atoms with E-state index in [1.165, 1.54) is 0 Å². The van der Waals surface area contributed by atoms with Gasteiger partial charge in [0.15, 0.2) is 0 Å². The highest BCUT2D eigenvalue weighted by Gasteiger charge is 2.34. The van der Waals surface area contributed by atoms with Crippen LogP contribution in [0.4, 0.5) is 0 Å². The molecule has 0 saturated carbocycles. The molecule has 0 bridgehead atoms. The first kappa shape index (κ1) is 15.2. The van der Waals surface area contributed by atoms with E-state index in [2.05, 4.69) is 15.5 Å². The Labute approximate surface area is 133 Å². The molecule has 0 aliphatic carbocycles. The van der Waals surface area contributed by atoms with Crippen LogP contribution in [0.25, 0.3) is 0 Å². The van der Waals surface area contributed by atoms with E-state index in [0.29, 0.717) is 31.1 Å².